The molecule has 0 aliphatic heterocycles. The lowest BCUT2D eigenvalue weighted by molar-refractivity contribution is 0.299. The first-order chi connectivity index (χ1) is 8.19. The summed E-state index contributed by atoms with van der Waals surface area (Å²) in [7, 11) is 0. The summed E-state index contributed by atoms with van der Waals surface area (Å²) in [5.74, 6) is 0. The summed E-state index contributed by atoms with van der Waals surface area (Å²) >= 11 is 0. The van der Waals surface area contributed by atoms with Crippen molar-refractivity contribution in [1.29, 1.82) is 0 Å². The first kappa shape index (κ1) is 19.3. The molecule has 0 heterocycles. The molecule has 0 saturated carbocycles. The smallest absolute Gasteiger partial charge is 0.00191 e. The third kappa shape index (κ3) is 13.9. The van der Waals surface area contributed by atoms with E-state index in [0.717, 1.165) is 0 Å². The van der Waals surface area contributed by atoms with Gasteiger partial charge in [0.15, 0.2) is 0 Å². The van der Waals surface area contributed by atoms with E-state index in [1.54, 1.807) is 0 Å². The maximum absolute atomic E-state index is 2.46. The molecule has 0 N–H and O–H groups in total. The Bertz CT molecular complexity index is 118. The quantitative estimate of drug-likeness (QED) is 0.607. The van der Waals surface area contributed by atoms with E-state index in [1.807, 2.05) is 0 Å². The maximum atomic E-state index is 2.46. The van der Waals surface area contributed by atoms with Gasteiger partial charge in [-0.2, -0.15) is 0 Å². The van der Waals surface area contributed by atoms with Crippen molar-refractivity contribution in [1.82, 2.24) is 9.80 Å². The van der Waals surface area contributed by atoms with Crippen LogP contribution in [-0.2, 0) is 0 Å². The molecule has 0 unspecified atom stereocenters. The van der Waals surface area contributed by atoms with Gasteiger partial charge in [0.2, 0.25) is 0 Å². The normalized spacial score (nSPS) is 10.6. The van der Waals surface area contributed by atoms with Crippen molar-refractivity contribution < 1.29 is 0 Å². The lowest BCUT2D eigenvalue weighted by atomic mass is 10.3. The standard InChI is InChI=1S/C8H19N.C7H17N/c1-4-7-8-9(5-2)6-3;1-4-7-8(5-2)6-3/h4-8H2,1-3H3;4-7H2,1-3H3. The topological polar surface area (TPSA) is 6.48 Å². The Balaban J connectivity index is 0. The van der Waals surface area contributed by atoms with Gasteiger partial charge >= 0.3 is 0 Å². The molecule has 0 saturated heterocycles. The van der Waals surface area contributed by atoms with Crippen molar-refractivity contribution in [2.75, 3.05) is 39.3 Å². The van der Waals surface area contributed by atoms with Crippen LogP contribution in [0.15, 0.2) is 0 Å². The predicted molar refractivity (Wildman–Crippen MR) is 80.8 cm³/mol. The van der Waals surface area contributed by atoms with Crippen LogP contribution in [0, 0.1) is 0 Å². The van der Waals surface area contributed by atoms with Gasteiger partial charge in [-0.25, -0.2) is 0 Å². The van der Waals surface area contributed by atoms with Crippen molar-refractivity contribution in [3.8, 4) is 0 Å². The van der Waals surface area contributed by atoms with E-state index in [-0.39, 0.29) is 0 Å². The van der Waals surface area contributed by atoms with E-state index >= 15 is 0 Å². The second-order valence-corrected chi connectivity index (χ2v) is 4.41. The third-order valence-corrected chi connectivity index (χ3v) is 3.16. The zero-order valence-electron chi connectivity index (χ0n) is 13.3. The monoisotopic (exact) mass is 244 g/mol. The van der Waals surface area contributed by atoms with Crippen molar-refractivity contribution in [2.24, 2.45) is 0 Å². The van der Waals surface area contributed by atoms with Gasteiger partial charge in [0.25, 0.3) is 0 Å². The number of unbranched alkanes of at least 4 members (excludes halogenated alkanes) is 1. The van der Waals surface area contributed by atoms with Gasteiger partial charge in [-0.1, -0.05) is 48.0 Å². The number of hydrogen-bond donors (Lipinski definition) is 0. The van der Waals surface area contributed by atoms with E-state index in [1.165, 1.54) is 58.5 Å². The summed E-state index contributed by atoms with van der Waals surface area (Å²) in [4.78, 5) is 4.89. The van der Waals surface area contributed by atoms with Crippen LogP contribution in [0.1, 0.15) is 60.8 Å². The average molecular weight is 244 g/mol. The molecule has 0 spiro atoms. The molecular weight excluding hydrogens is 208 g/mol. The summed E-state index contributed by atoms with van der Waals surface area (Å²) in [5, 5.41) is 0. The second-order valence-electron chi connectivity index (χ2n) is 4.41. The molecule has 106 valence electrons. The molecular formula is C15H36N2. The van der Waals surface area contributed by atoms with Gasteiger partial charge in [0, 0.05) is 0 Å². The highest BCUT2D eigenvalue weighted by atomic mass is 15.1. The first-order valence-corrected chi connectivity index (χ1v) is 7.64. The van der Waals surface area contributed by atoms with E-state index in [9.17, 15) is 0 Å². The number of rotatable bonds is 9. The minimum atomic E-state index is 1.20. The van der Waals surface area contributed by atoms with Gasteiger partial charge in [0.1, 0.15) is 0 Å². The Hall–Kier alpha value is -0.0800. The lowest BCUT2D eigenvalue weighted by Crippen LogP contribution is -2.23. The lowest BCUT2D eigenvalue weighted by Gasteiger charge is -2.16. The third-order valence-electron chi connectivity index (χ3n) is 3.16. The van der Waals surface area contributed by atoms with Gasteiger partial charge in [0.05, 0.1) is 0 Å². The Morgan fingerprint density at radius 1 is 0.529 bits per heavy atom. The predicted octanol–water partition coefficient (Wildman–Crippen LogP) is 3.87. The molecule has 0 aliphatic carbocycles. The molecule has 0 aliphatic rings. The minimum Gasteiger partial charge on any atom is -0.304 e. The fourth-order valence-electron chi connectivity index (χ4n) is 1.78. The Morgan fingerprint density at radius 2 is 0.941 bits per heavy atom. The van der Waals surface area contributed by atoms with Crippen LogP contribution < -0.4 is 0 Å². The van der Waals surface area contributed by atoms with Gasteiger partial charge in [-0.15, -0.1) is 0 Å². The summed E-state index contributed by atoms with van der Waals surface area (Å²) in [6.07, 6.45) is 3.94. The Kier molecular flexibility index (Phi) is 18.0. The highest BCUT2D eigenvalue weighted by Crippen LogP contribution is 1.92. The zero-order chi connectivity index (χ0) is 13.5. The fraction of sp³-hybridized carbons (Fsp3) is 1.00. The van der Waals surface area contributed by atoms with Crippen molar-refractivity contribution in [3.63, 3.8) is 0 Å². The largest absolute Gasteiger partial charge is 0.304 e. The van der Waals surface area contributed by atoms with Crippen LogP contribution in [0.3, 0.4) is 0 Å². The molecule has 2 nitrogen and oxygen atoms in total. The zero-order valence-corrected chi connectivity index (χ0v) is 13.3. The van der Waals surface area contributed by atoms with E-state index in [4.69, 9.17) is 0 Å². The fourth-order valence-corrected chi connectivity index (χ4v) is 1.78. The van der Waals surface area contributed by atoms with Crippen molar-refractivity contribution >= 4 is 0 Å². The van der Waals surface area contributed by atoms with Gasteiger partial charge in [-0.3, -0.25) is 0 Å². The summed E-state index contributed by atoms with van der Waals surface area (Å²) in [6, 6.07) is 0. The molecule has 0 fully saturated rings. The number of hydrogen-bond acceptors (Lipinski definition) is 2. The van der Waals surface area contributed by atoms with E-state index < -0.39 is 0 Å². The van der Waals surface area contributed by atoms with E-state index in [2.05, 4.69) is 51.3 Å². The highest BCUT2D eigenvalue weighted by Gasteiger charge is 1.94. The van der Waals surface area contributed by atoms with Crippen molar-refractivity contribution in [3.05, 3.63) is 0 Å². The molecule has 0 aromatic rings. The number of nitrogens with zero attached hydrogens (tertiary/aromatic N) is 2. The van der Waals surface area contributed by atoms with Crippen LogP contribution in [0.2, 0.25) is 0 Å². The Morgan fingerprint density at radius 3 is 1.18 bits per heavy atom. The molecule has 0 atom stereocenters. The maximum Gasteiger partial charge on any atom is -0.00191 e. The van der Waals surface area contributed by atoms with Crippen LogP contribution in [0.5, 0.6) is 0 Å². The van der Waals surface area contributed by atoms with Gasteiger partial charge < -0.3 is 9.80 Å². The molecule has 17 heavy (non-hydrogen) atoms. The van der Waals surface area contributed by atoms with Crippen molar-refractivity contribution in [2.45, 2.75) is 60.8 Å². The molecule has 0 rings (SSSR count). The second kappa shape index (κ2) is 15.9. The molecule has 0 aromatic heterocycles. The van der Waals surface area contributed by atoms with Crippen LogP contribution in [0.25, 0.3) is 0 Å². The van der Waals surface area contributed by atoms with Crippen LogP contribution >= 0.6 is 0 Å². The first-order valence-electron chi connectivity index (χ1n) is 7.64. The van der Waals surface area contributed by atoms with Crippen LogP contribution in [-0.4, -0.2) is 49.1 Å². The molecule has 0 radical (unpaired) electrons. The highest BCUT2D eigenvalue weighted by molar-refractivity contribution is 4.50. The molecule has 0 aromatic carbocycles. The summed E-state index contributed by atoms with van der Waals surface area (Å²) in [6.45, 7) is 20.7. The summed E-state index contributed by atoms with van der Waals surface area (Å²) < 4.78 is 0. The average Bonchev–Trinajstić information content (AvgIpc) is 2.38. The summed E-state index contributed by atoms with van der Waals surface area (Å²) in [5.41, 5.74) is 0. The molecule has 2 heteroatoms. The molecule has 0 amide bonds. The van der Waals surface area contributed by atoms with Gasteiger partial charge in [-0.05, 0) is 52.1 Å². The van der Waals surface area contributed by atoms with Crippen LogP contribution in [0.4, 0.5) is 0 Å². The van der Waals surface area contributed by atoms with E-state index in [0.29, 0.717) is 0 Å². The minimum absolute atomic E-state index is 1.20. The SMILES string of the molecule is CCCCN(CC)CC.CCCN(CC)CC. The Labute approximate surface area is 110 Å². The molecule has 0 bridgehead atoms.